The number of nitrogens with one attached hydrogen (secondary N) is 3. The number of hydrazine groups is 1. The van der Waals surface area contributed by atoms with Gasteiger partial charge in [0.25, 0.3) is 11.6 Å². The molecule has 0 aliphatic carbocycles. The number of nitro groups is 1. The monoisotopic (exact) mass is 416 g/mol. The molecule has 12 heteroatoms. The zero-order valence-corrected chi connectivity index (χ0v) is 15.0. The second-order valence-electron chi connectivity index (χ2n) is 5.53. The predicted octanol–water partition coefficient (Wildman–Crippen LogP) is 3.33. The quantitative estimate of drug-likeness (QED) is 0.347. The number of hydrogen-bond donors (Lipinski definition) is 3. The number of halogens is 3. The van der Waals surface area contributed by atoms with Gasteiger partial charge in [-0.2, -0.15) is 24.5 Å². The zero-order chi connectivity index (χ0) is 20.7. The summed E-state index contributed by atoms with van der Waals surface area (Å²) in [5.74, 6) is -0.806. The number of thiophene rings is 1. The molecule has 2 rings (SSSR count). The van der Waals surface area contributed by atoms with E-state index in [1.165, 1.54) is 11.3 Å². The van der Waals surface area contributed by atoms with Crippen molar-refractivity contribution < 1.29 is 27.7 Å². The van der Waals surface area contributed by atoms with Crippen molar-refractivity contribution in [3.8, 4) is 0 Å². The number of nitrogens with zero attached hydrogens (tertiary/aromatic N) is 1. The molecular weight excluding hydrogens is 401 g/mol. The molecule has 3 N–H and O–H groups in total. The summed E-state index contributed by atoms with van der Waals surface area (Å²) in [5.41, 5.74) is 2.68. The maximum absolute atomic E-state index is 12.7. The average molecular weight is 416 g/mol. The van der Waals surface area contributed by atoms with E-state index < -0.39 is 28.3 Å². The van der Waals surface area contributed by atoms with Gasteiger partial charge in [0.05, 0.1) is 10.5 Å². The Balaban J connectivity index is 1.82. The van der Waals surface area contributed by atoms with E-state index in [9.17, 15) is 32.9 Å². The Hall–Kier alpha value is -3.15. The lowest BCUT2D eigenvalue weighted by molar-refractivity contribution is -0.384. The first-order valence-corrected chi connectivity index (χ1v) is 8.83. The van der Waals surface area contributed by atoms with Crippen LogP contribution in [-0.2, 0) is 11.0 Å². The first kappa shape index (κ1) is 21.2. The minimum Gasteiger partial charge on any atom is -0.352 e. The molecule has 0 saturated carbocycles. The Bertz CT molecular complexity index is 856. The molecule has 0 radical (unpaired) electrons. The van der Waals surface area contributed by atoms with Gasteiger partial charge in [-0.15, -0.1) is 0 Å². The third-order valence-electron chi connectivity index (χ3n) is 3.51. The molecule has 0 bridgehead atoms. The topological polar surface area (TPSA) is 113 Å². The molecule has 0 fully saturated rings. The number of carbonyl (C=O) groups excluding carboxylic acids is 2. The van der Waals surface area contributed by atoms with Crippen molar-refractivity contribution in [1.29, 1.82) is 0 Å². The highest BCUT2D eigenvalue weighted by molar-refractivity contribution is 7.08. The predicted molar refractivity (Wildman–Crippen MR) is 95.8 cm³/mol. The Morgan fingerprint density at radius 1 is 1.21 bits per heavy atom. The van der Waals surface area contributed by atoms with E-state index in [1.54, 1.807) is 16.8 Å². The molecule has 0 unspecified atom stereocenters. The van der Waals surface area contributed by atoms with Crippen molar-refractivity contribution in [2.45, 2.75) is 19.0 Å². The summed E-state index contributed by atoms with van der Waals surface area (Å²) in [7, 11) is 0. The number of rotatable bonds is 8. The van der Waals surface area contributed by atoms with Crippen LogP contribution in [0.2, 0.25) is 0 Å². The van der Waals surface area contributed by atoms with Crippen LogP contribution < -0.4 is 16.2 Å². The van der Waals surface area contributed by atoms with Gasteiger partial charge in [0.15, 0.2) is 0 Å². The van der Waals surface area contributed by atoms with E-state index in [0.29, 0.717) is 24.1 Å². The molecule has 0 spiro atoms. The van der Waals surface area contributed by atoms with E-state index >= 15 is 0 Å². The molecule has 8 nitrogen and oxygen atoms in total. The minimum atomic E-state index is -4.72. The van der Waals surface area contributed by atoms with E-state index in [-0.39, 0.29) is 24.6 Å². The fourth-order valence-corrected chi connectivity index (χ4v) is 2.75. The van der Waals surface area contributed by atoms with Crippen LogP contribution in [0.3, 0.4) is 0 Å². The second kappa shape index (κ2) is 9.17. The van der Waals surface area contributed by atoms with Crippen molar-refractivity contribution in [3.63, 3.8) is 0 Å². The molecule has 0 aliphatic heterocycles. The molecule has 2 aromatic rings. The normalized spacial score (nSPS) is 11.0. The SMILES string of the molecule is O=C(CCCNC(=O)c1ccsc1)NNc1ccc(C(F)(F)F)cc1[N+](=O)[O-]. The Morgan fingerprint density at radius 2 is 1.96 bits per heavy atom. The van der Waals surface area contributed by atoms with E-state index in [2.05, 4.69) is 16.2 Å². The summed E-state index contributed by atoms with van der Waals surface area (Å²) in [4.78, 5) is 33.4. The first-order valence-electron chi connectivity index (χ1n) is 7.89. The number of amides is 2. The van der Waals surface area contributed by atoms with Gasteiger partial charge in [0.1, 0.15) is 5.69 Å². The van der Waals surface area contributed by atoms with Crippen LogP contribution in [0.15, 0.2) is 35.0 Å². The number of hydrogen-bond acceptors (Lipinski definition) is 6. The van der Waals surface area contributed by atoms with Crippen molar-refractivity contribution in [1.82, 2.24) is 10.7 Å². The van der Waals surface area contributed by atoms with Gasteiger partial charge in [-0.25, -0.2) is 0 Å². The largest absolute Gasteiger partial charge is 0.416 e. The zero-order valence-electron chi connectivity index (χ0n) is 14.2. The number of carbonyl (C=O) groups is 2. The summed E-state index contributed by atoms with van der Waals surface area (Å²) in [6.07, 6.45) is -4.43. The number of benzene rings is 1. The third kappa shape index (κ3) is 5.94. The van der Waals surface area contributed by atoms with Crippen molar-refractivity contribution in [2.75, 3.05) is 12.0 Å². The van der Waals surface area contributed by atoms with Crippen LogP contribution in [0.4, 0.5) is 24.5 Å². The summed E-state index contributed by atoms with van der Waals surface area (Å²) >= 11 is 1.38. The lowest BCUT2D eigenvalue weighted by atomic mass is 10.1. The summed E-state index contributed by atoms with van der Waals surface area (Å²) in [5, 5.41) is 17.0. The van der Waals surface area contributed by atoms with Gasteiger partial charge < -0.3 is 5.32 Å². The Morgan fingerprint density at radius 3 is 2.57 bits per heavy atom. The van der Waals surface area contributed by atoms with Crippen LogP contribution in [0.25, 0.3) is 0 Å². The van der Waals surface area contributed by atoms with Crippen molar-refractivity contribution in [2.24, 2.45) is 0 Å². The van der Waals surface area contributed by atoms with Crippen molar-refractivity contribution in [3.05, 3.63) is 56.3 Å². The molecule has 1 aromatic carbocycles. The Kier molecular flexibility index (Phi) is 6.93. The average Bonchev–Trinajstić information content (AvgIpc) is 3.17. The number of anilines is 1. The smallest absolute Gasteiger partial charge is 0.352 e. The van der Waals surface area contributed by atoms with Crippen LogP contribution in [0, 0.1) is 10.1 Å². The molecule has 150 valence electrons. The second-order valence-corrected chi connectivity index (χ2v) is 6.31. The highest BCUT2D eigenvalue weighted by Crippen LogP contribution is 2.34. The lowest BCUT2D eigenvalue weighted by Crippen LogP contribution is -2.31. The third-order valence-corrected chi connectivity index (χ3v) is 4.19. The summed E-state index contributed by atoms with van der Waals surface area (Å²) < 4.78 is 38.0. The van der Waals surface area contributed by atoms with Crippen LogP contribution in [0.5, 0.6) is 0 Å². The lowest BCUT2D eigenvalue weighted by Gasteiger charge is -2.11. The molecule has 1 aromatic heterocycles. The highest BCUT2D eigenvalue weighted by atomic mass is 32.1. The molecule has 1 heterocycles. The van der Waals surface area contributed by atoms with Gasteiger partial charge in [-0.05, 0) is 30.0 Å². The van der Waals surface area contributed by atoms with Gasteiger partial charge in [-0.1, -0.05) is 0 Å². The molecule has 0 saturated heterocycles. The van der Waals surface area contributed by atoms with Gasteiger partial charge in [0.2, 0.25) is 5.91 Å². The van der Waals surface area contributed by atoms with E-state index in [0.717, 1.165) is 6.07 Å². The van der Waals surface area contributed by atoms with Crippen LogP contribution >= 0.6 is 11.3 Å². The molecule has 0 aliphatic rings. The first-order chi connectivity index (χ1) is 13.2. The number of nitro benzene ring substituents is 1. The maximum atomic E-state index is 12.7. The van der Waals surface area contributed by atoms with Crippen molar-refractivity contribution >= 4 is 34.5 Å². The fourth-order valence-electron chi connectivity index (χ4n) is 2.11. The van der Waals surface area contributed by atoms with Gasteiger partial charge in [-0.3, -0.25) is 30.6 Å². The summed E-state index contributed by atoms with van der Waals surface area (Å²) in [6, 6.07) is 3.58. The van der Waals surface area contributed by atoms with E-state index in [4.69, 9.17) is 0 Å². The van der Waals surface area contributed by atoms with E-state index in [1.807, 2.05) is 0 Å². The fraction of sp³-hybridized carbons (Fsp3) is 0.250. The molecule has 2 amide bonds. The summed E-state index contributed by atoms with van der Waals surface area (Å²) in [6.45, 7) is 0.239. The molecule has 28 heavy (non-hydrogen) atoms. The van der Waals surface area contributed by atoms with Gasteiger partial charge >= 0.3 is 6.18 Å². The molecular formula is C16H15F3N4O4S. The van der Waals surface area contributed by atoms with Crippen LogP contribution in [0.1, 0.15) is 28.8 Å². The molecule has 0 atom stereocenters. The standard InChI is InChI=1S/C16H15F3N4O4S/c17-16(18,19)11-3-4-12(13(8-11)23(26)27)21-22-14(24)2-1-6-20-15(25)10-5-7-28-9-10/h3-5,7-9,21H,1-2,6H2,(H,20,25)(H,22,24). The minimum absolute atomic E-state index is 0.00858. The maximum Gasteiger partial charge on any atom is 0.416 e. The van der Waals surface area contributed by atoms with Crippen LogP contribution in [-0.4, -0.2) is 23.3 Å². The number of alkyl halides is 3. The van der Waals surface area contributed by atoms with Gasteiger partial charge in [0, 0.05) is 30.0 Å². The highest BCUT2D eigenvalue weighted by Gasteiger charge is 2.33. The Labute approximate surface area is 160 Å².